The van der Waals surface area contributed by atoms with Gasteiger partial charge in [0, 0.05) is 0 Å². The maximum Gasteiger partial charge on any atom is -0.0118 e. The van der Waals surface area contributed by atoms with Crippen LogP contribution >= 0.6 is 0 Å². The second-order valence-electron chi connectivity index (χ2n) is 8.11. The largest absolute Gasteiger partial charge is 0.0880 e. The summed E-state index contributed by atoms with van der Waals surface area (Å²) in [7, 11) is 0. The van der Waals surface area contributed by atoms with Gasteiger partial charge in [0.25, 0.3) is 0 Å². The van der Waals surface area contributed by atoms with E-state index in [1.165, 1.54) is 122 Å². The van der Waals surface area contributed by atoms with Crippen LogP contribution in [0.4, 0.5) is 0 Å². The minimum Gasteiger partial charge on any atom is -0.0880 e. The summed E-state index contributed by atoms with van der Waals surface area (Å²) >= 11 is 0. The predicted molar refractivity (Wildman–Crippen MR) is 99.3 cm³/mol. The van der Waals surface area contributed by atoms with Crippen molar-refractivity contribution in [3.63, 3.8) is 0 Å². The van der Waals surface area contributed by atoms with Gasteiger partial charge in [-0.1, -0.05) is 102 Å². The zero-order valence-electron chi connectivity index (χ0n) is 15.1. The van der Waals surface area contributed by atoms with Gasteiger partial charge < -0.3 is 0 Å². The minimum atomic E-state index is 0.573. The van der Waals surface area contributed by atoms with Crippen LogP contribution in [0.5, 0.6) is 0 Å². The molecule has 0 aromatic carbocycles. The van der Waals surface area contributed by atoms with Crippen LogP contribution in [-0.4, -0.2) is 0 Å². The molecule has 128 valence electrons. The predicted octanol–water partition coefficient (Wildman–Crippen LogP) is 7.97. The number of hydrogen-bond acceptors (Lipinski definition) is 0. The molecule has 0 aromatic rings. The average molecular weight is 305 g/mol. The van der Waals surface area contributed by atoms with Gasteiger partial charge in [0.05, 0.1) is 0 Å². The Morgan fingerprint density at radius 1 is 0.409 bits per heavy atom. The zero-order valence-corrected chi connectivity index (χ0v) is 15.1. The minimum absolute atomic E-state index is 0.573. The SMILES string of the molecule is C1=C/C2(CCCCCCCCC/1)CCCCCCCCCC2. The molecule has 0 radical (unpaired) electrons. The summed E-state index contributed by atoms with van der Waals surface area (Å²) in [5, 5.41) is 0. The van der Waals surface area contributed by atoms with Crippen LogP contribution in [0.3, 0.4) is 0 Å². The highest BCUT2D eigenvalue weighted by molar-refractivity contribution is 5.00. The van der Waals surface area contributed by atoms with E-state index in [1.54, 1.807) is 0 Å². The maximum absolute atomic E-state index is 2.70. The van der Waals surface area contributed by atoms with E-state index in [4.69, 9.17) is 0 Å². The first-order valence-electron chi connectivity index (χ1n) is 10.6. The Hall–Kier alpha value is -0.260. The molecule has 0 aromatic heterocycles. The zero-order chi connectivity index (χ0) is 15.3. The van der Waals surface area contributed by atoms with E-state index in [-0.39, 0.29) is 0 Å². The van der Waals surface area contributed by atoms with Gasteiger partial charge in [0.1, 0.15) is 0 Å². The first-order chi connectivity index (χ1) is 10.9. The van der Waals surface area contributed by atoms with Crippen LogP contribution in [0.1, 0.15) is 122 Å². The Morgan fingerprint density at radius 2 is 0.773 bits per heavy atom. The summed E-state index contributed by atoms with van der Waals surface area (Å²) < 4.78 is 0. The Labute approximate surface area is 140 Å². The molecule has 0 amide bonds. The standard InChI is InChI=1S/C22H40/c1-2-6-10-14-18-22(19-15-11-7-3-1)20-16-12-8-4-5-9-13-17-21-22/h14,18H,1-13,15-17,19-21H2/b18-14+. The van der Waals surface area contributed by atoms with Gasteiger partial charge in [-0.2, -0.15) is 0 Å². The van der Waals surface area contributed by atoms with Crippen LogP contribution in [-0.2, 0) is 0 Å². The maximum atomic E-state index is 2.70. The highest BCUT2D eigenvalue weighted by Crippen LogP contribution is 2.39. The normalized spacial score (nSPS) is 28.0. The van der Waals surface area contributed by atoms with Gasteiger partial charge in [-0.3, -0.25) is 0 Å². The van der Waals surface area contributed by atoms with Crippen LogP contribution < -0.4 is 0 Å². The lowest BCUT2D eigenvalue weighted by Gasteiger charge is -2.32. The summed E-state index contributed by atoms with van der Waals surface area (Å²) in [5.74, 6) is 0. The van der Waals surface area contributed by atoms with Crippen molar-refractivity contribution in [1.29, 1.82) is 0 Å². The molecule has 0 aliphatic heterocycles. The molecule has 0 nitrogen and oxygen atoms in total. The molecular weight excluding hydrogens is 264 g/mol. The van der Waals surface area contributed by atoms with E-state index in [1.807, 2.05) is 0 Å². The summed E-state index contributed by atoms with van der Waals surface area (Å²) in [4.78, 5) is 0. The fraction of sp³-hybridized carbons (Fsp3) is 0.909. The molecule has 2 rings (SSSR count). The van der Waals surface area contributed by atoms with Gasteiger partial charge in [-0.15, -0.1) is 0 Å². The van der Waals surface area contributed by atoms with E-state index in [0.29, 0.717) is 5.41 Å². The number of allylic oxidation sites excluding steroid dienone is 2. The lowest BCUT2D eigenvalue weighted by molar-refractivity contribution is 0.266. The van der Waals surface area contributed by atoms with Crippen LogP contribution in [0.15, 0.2) is 12.2 Å². The highest BCUT2D eigenvalue weighted by Gasteiger charge is 2.25. The molecule has 1 saturated carbocycles. The summed E-state index contributed by atoms with van der Waals surface area (Å²) in [5.41, 5.74) is 0.573. The van der Waals surface area contributed by atoms with Crippen molar-refractivity contribution in [3.05, 3.63) is 12.2 Å². The number of hydrogen-bond donors (Lipinski definition) is 0. The van der Waals surface area contributed by atoms with Crippen LogP contribution in [0.2, 0.25) is 0 Å². The molecule has 0 bridgehead atoms. The summed E-state index contributed by atoms with van der Waals surface area (Å²) in [6, 6.07) is 0. The van der Waals surface area contributed by atoms with Crippen molar-refractivity contribution in [2.75, 3.05) is 0 Å². The lowest BCUT2D eigenvalue weighted by Crippen LogP contribution is -2.18. The van der Waals surface area contributed by atoms with Crippen LogP contribution in [0, 0.1) is 5.41 Å². The van der Waals surface area contributed by atoms with Gasteiger partial charge in [0.15, 0.2) is 0 Å². The lowest BCUT2D eigenvalue weighted by atomic mass is 9.73. The van der Waals surface area contributed by atoms with E-state index < -0.39 is 0 Å². The van der Waals surface area contributed by atoms with E-state index in [2.05, 4.69) is 12.2 Å². The van der Waals surface area contributed by atoms with Crippen LogP contribution in [0.25, 0.3) is 0 Å². The Balaban J connectivity index is 1.97. The van der Waals surface area contributed by atoms with Gasteiger partial charge in [0.2, 0.25) is 0 Å². The second-order valence-corrected chi connectivity index (χ2v) is 8.11. The molecule has 1 spiro atoms. The molecular formula is C22H40. The van der Waals surface area contributed by atoms with Crippen molar-refractivity contribution in [3.8, 4) is 0 Å². The van der Waals surface area contributed by atoms with Gasteiger partial charge >= 0.3 is 0 Å². The first kappa shape index (κ1) is 18.1. The van der Waals surface area contributed by atoms with Gasteiger partial charge in [-0.05, 0) is 37.5 Å². The third kappa shape index (κ3) is 7.34. The third-order valence-corrected chi connectivity index (χ3v) is 6.12. The summed E-state index contributed by atoms with van der Waals surface area (Å²) in [6.45, 7) is 0. The molecule has 1 fully saturated rings. The molecule has 0 saturated heterocycles. The number of rotatable bonds is 0. The van der Waals surface area contributed by atoms with E-state index in [9.17, 15) is 0 Å². The molecule has 2 aliphatic carbocycles. The van der Waals surface area contributed by atoms with Crippen molar-refractivity contribution in [1.82, 2.24) is 0 Å². The molecule has 0 atom stereocenters. The second kappa shape index (κ2) is 11.3. The fourth-order valence-corrected chi connectivity index (χ4v) is 4.60. The third-order valence-electron chi connectivity index (χ3n) is 6.12. The molecule has 0 heterocycles. The highest BCUT2D eigenvalue weighted by atomic mass is 14.3. The molecule has 0 N–H and O–H groups in total. The average Bonchev–Trinajstić information content (AvgIpc) is 2.57. The Kier molecular flexibility index (Phi) is 9.29. The topological polar surface area (TPSA) is 0 Å². The van der Waals surface area contributed by atoms with Crippen molar-refractivity contribution in [2.24, 2.45) is 5.41 Å². The van der Waals surface area contributed by atoms with Crippen molar-refractivity contribution >= 4 is 0 Å². The molecule has 2 aliphatic rings. The Bertz CT molecular complexity index is 276. The fourth-order valence-electron chi connectivity index (χ4n) is 4.60. The Morgan fingerprint density at radius 3 is 1.23 bits per heavy atom. The quantitative estimate of drug-likeness (QED) is 0.398. The van der Waals surface area contributed by atoms with E-state index >= 15 is 0 Å². The molecule has 0 unspecified atom stereocenters. The summed E-state index contributed by atoms with van der Waals surface area (Å²) in [6.07, 6.45) is 33.2. The van der Waals surface area contributed by atoms with E-state index in [0.717, 1.165) is 0 Å². The van der Waals surface area contributed by atoms with Gasteiger partial charge in [-0.25, -0.2) is 0 Å². The first-order valence-corrected chi connectivity index (χ1v) is 10.6. The van der Waals surface area contributed by atoms with Crippen molar-refractivity contribution < 1.29 is 0 Å². The molecule has 0 heteroatoms. The monoisotopic (exact) mass is 304 g/mol. The molecule has 22 heavy (non-hydrogen) atoms. The smallest absolute Gasteiger partial charge is 0.0118 e. The van der Waals surface area contributed by atoms with Crippen molar-refractivity contribution in [2.45, 2.75) is 122 Å².